The van der Waals surface area contributed by atoms with E-state index >= 15 is 0 Å². The first-order chi connectivity index (χ1) is 14.2. The molecule has 0 spiro atoms. The summed E-state index contributed by atoms with van der Waals surface area (Å²) in [5.41, 5.74) is 3.90. The van der Waals surface area contributed by atoms with Crippen molar-refractivity contribution < 1.29 is 9.59 Å². The van der Waals surface area contributed by atoms with Crippen LogP contribution in [0.4, 0.5) is 0 Å². The summed E-state index contributed by atoms with van der Waals surface area (Å²) in [5.74, 6) is 0.180. The van der Waals surface area contributed by atoms with Crippen molar-refractivity contribution in [3.8, 4) is 0 Å². The van der Waals surface area contributed by atoms with E-state index in [1.54, 1.807) is 10.9 Å². The molecule has 1 atom stereocenters. The van der Waals surface area contributed by atoms with E-state index in [-0.39, 0.29) is 17.9 Å². The van der Waals surface area contributed by atoms with Gasteiger partial charge in [-0.25, -0.2) is 0 Å². The summed E-state index contributed by atoms with van der Waals surface area (Å²) in [6, 6.07) is 11.5. The molecule has 8 nitrogen and oxygen atoms in total. The largest absolute Gasteiger partial charge is 0.348 e. The standard InChI is InChI=1S/C21H22N6O2/c28-20(22-10-13-4-2-1-3-5-13)16-11-23-27-12-15(8-19(16)27)24-21(29)18-9-17(25-26-18)14-6-7-14/h1-5,9,11,14-15H,6-8,10,12H2,(H,22,28)(H,24,29)(H,25,26). The lowest BCUT2D eigenvalue weighted by atomic mass is 10.1. The third kappa shape index (κ3) is 3.65. The van der Waals surface area contributed by atoms with Gasteiger partial charge in [-0.1, -0.05) is 30.3 Å². The lowest BCUT2D eigenvalue weighted by Crippen LogP contribution is -2.36. The quantitative estimate of drug-likeness (QED) is 0.597. The molecule has 1 aliphatic carbocycles. The third-order valence-corrected chi connectivity index (χ3v) is 5.50. The van der Waals surface area contributed by atoms with Crippen molar-refractivity contribution in [1.82, 2.24) is 30.6 Å². The Morgan fingerprint density at radius 2 is 2.00 bits per heavy atom. The van der Waals surface area contributed by atoms with E-state index in [2.05, 4.69) is 25.9 Å². The fraction of sp³-hybridized carbons (Fsp3) is 0.333. The van der Waals surface area contributed by atoms with Gasteiger partial charge in [0.2, 0.25) is 0 Å². The van der Waals surface area contributed by atoms with Gasteiger partial charge in [0.1, 0.15) is 5.69 Å². The van der Waals surface area contributed by atoms with Gasteiger partial charge in [-0.2, -0.15) is 10.2 Å². The summed E-state index contributed by atoms with van der Waals surface area (Å²) in [6.07, 6.45) is 4.48. The molecule has 1 unspecified atom stereocenters. The monoisotopic (exact) mass is 390 g/mol. The average Bonchev–Trinajstić information content (AvgIpc) is 3.14. The number of aromatic amines is 1. The molecule has 2 aliphatic rings. The lowest BCUT2D eigenvalue weighted by Gasteiger charge is -2.10. The topological polar surface area (TPSA) is 105 Å². The second-order valence-electron chi connectivity index (χ2n) is 7.71. The summed E-state index contributed by atoms with van der Waals surface area (Å²) >= 11 is 0. The van der Waals surface area contributed by atoms with Crippen molar-refractivity contribution in [3.05, 3.63) is 70.8 Å². The molecule has 1 saturated carbocycles. The van der Waals surface area contributed by atoms with E-state index in [1.165, 1.54) is 0 Å². The molecule has 29 heavy (non-hydrogen) atoms. The number of hydrogen-bond donors (Lipinski definition) is 3. The second kappa shape index (κ2) is 7.20. The van der Waals surface area contributed by atoms with Crippen LogP contribution in [0.5, 0.6) is 0 Å². The summed E-state index contributed by atoms with van der Waals surface area (Å²) in [5, 5.41) is 17.4. The second-order valence-corrected chi connectivity index (χ2v) is 7.71. The van der Waals surface area contributed by atoms with Crippen molar-refractivity contribution in [3.63, 3.8) is 0 Å². The van der Waals surface area contributed by atoms with E-state index in [4.69, 9.17) is 0 Å². The van der Waals surface area contributed by atoms with Gasteiger partial charge in [0.05, 0.1) is 30.0 Å². The zero-order chi connectivity index (χ0) is 19.8. The highest BCUT2D eigenvalue weighted by molar-refractivity contribution is 5.95. The molecule has 148 valence electrons. The molecule has 3 aromatic rings. The van der Waals surface area contributed by atoms with Gasteiger partial charge in [0.15, 0.2) is 0 Å². The van der Waals surface area contributed by atoms with Gasteiger partial charge in [-0.3, -0.25) is 19.4 Å². The summed E-state index contributed by atoms with van der Waals surface area (Å²) < 4.78 is 1.79. The van der Waals surface area contributed by atoms with Crippen LogP contribution in [-0.2, 0) is 19.5 Å². The van der Waals surface area contributed by atoms with Crippen LogP contribution < -0.4 is 10.6 Å². The van der Waals surface area contributed by atoms with Crippen molar-refractivity contribution >= 4 is 11.8 Å². The number of H-pyrrole nitrogens is 1. The Morgan fingerprint density at radius 3 is 2.79 bits per heavy atom. The Bertz CT molecular complexity index is 1050. The first-order valence-electron chi connectivity index (χ1n) is 9.90. The predicted octanol–water partition coefficient (Wildman–Crippen LogP) is 1.77. The molecule has 0 radical (unpaired) electrons. The van der Waals surface area contributed by atoms with E-state index in [1.807, 2.05) is 36.4 Å². The highest BCUT2D eigenvalue weighted by Gasteiger charge is 2.30. The molecule has 1 fully saturated rings. The predicted molar refractivity (Wildman–Crippen MR) is 105 cm³/mol. The van der Waals surface area contributed by atoms with E-state index in [0.29, 0.717) is 36.7 Å². The van der Waals surface area contributed by atoms with Crippen molar-refractivity contribution in [2.75, 3.05) is 0 Å². The number of amides is 2. The highest BCUT2D eigenvalue weighted by Crippen LogP contribution is 2.39. The molecule has 2 aromatic heterocycles. The zero-order valence-electron chi connectivity index (χ0n) is 15.9. The van der Waals surface area contributed by atoms with Gasteiger partial charge >= 0.3 is 0 Å². The number of fused-ring (bicyclic) bond motifs is 1. The molecule has 0 saturated heterocycles. The molecule has 0 bridgehead atoms. The smallest absolute Gasteiger partial charge is 0.272 e. The minimum absolute atomic E-state index is 0.104. The van der Waals surface area contributed by atoms with Crippen molar-refractivity contribution in [2.45, 2.75) is 44.3 Å². The highest BCUT2D eigenvalue weighted by atomic mass is 16.2. The normalized spacial score (nSPS) is 17.7. The van der Waals surface area contributed by atoms with Gasteiger partial charge in [0, 0.05) is 24.6 Å². The van der Waals surface area contributed by atoms with Crippen molar-refractivity contribution in [1.29, 1.82) is 0 Å². The molecule has 3 heterocycles. The van der Waals surface area contributed by atoms with E-state index in [0.717, 1.165) is 29.8 Å². The number of nitrogens with zero attached hydrogens (tertiary/aromatic N) is 3. The van der Waals surface area contributed by atoms with E-state index < -0.39 is 0 Å². The molecule has 8 heteroatoms. The molecule has 1 aromatic carbocycles. The maximum Gasteiger partial charge on any atom is 0.272 e. The number of nitrogens with one attached hydrogen (secondary N) is 3. The minimum Gasteiger partial charge on any atom is -0.348 e. The third-order valence-electron chi connectivity index (χ3n) is 5.50. The summed E-state index contributed by atoms with van der Waals surface area (Å²) in [6.45, 7) is 1.01. The minimum atomic E-state index is -0.195. The molecule has 3 N–H and O–H groups in total. The number of hydrogen-bond acceptors (Lipinski definition) is 4. The molecule has 2 amide bonds. The van der Waals surface area contributed by atoms with Crippen LogP contribution in [0, 0.1) is 0 Å². The van der Waals surface area contributed by atoms with Gasteiger partial charge < -0.3 is 10.6 Å². The SMILES string of the molecule is O=C(NC1Cc2c(C(=O)NCc3ccccc3)cnn2C1)c1cc(C2CC2)[nH]n1. The Balaban J connectivity index is 1.20. The van der Waals surface area contributed by atoms with Crippen LogP contribution in [0.1, 0.15) is 56.6 Å². The molecular weight excluding hydrogens is 368 g/mol. The number of carbonyl (C=O) groups is 2. The van der Waals surface area contributed by atoms with Gasteiger partial charge in [-0.15, -0.1) is 0 Å². The summed E-state index contributed by atoms with van der Waals surface area (Å²) in [4.78, 5) is 25.1. The van der Waals surface area contributed by atoms with Crippen LogP contribution in [-0.4, -0.2) is 37.8 Å². The fourth-order valence-corrected chi connectivity index (χ4v) is 3.77. The number of benzene rings is 1. The zero-order valence-corrected chi connectivity index (χ0v) is 15.9. The molecular formula is C21H22N6O2. The number of carbonyl (C=O) groups excluding carboxylic acids is 2. The Labute approximate surface area is 167 Å². The van der Waals surface area contributed by atoms with Crippen molar-refractivity contribution in [2.24, 2.45) is 0 Å². The van der Waals surface area contributed by atoms with Gasteiger partial charge in [-0.05, 0) is 24.5 Å². The number of rotatable bonds is 6. The lowest BCUT2D eigenvalue weighted by molar-refractivity contribution is 0.0930. The van der Waals surface area contributed by atoms with Crippen LogP contribution in [0.15, 0.2) is 42.6 Å². The Hall–Kier alpha value is -3.42. The first-order valence-corrected chi connectivity index (χ1v) is 9.90. The van der Waals surface area contributed by atoms with Gasteiger partial charge in [0.25, 0.3) is 11.8 Å². The fourth-order valence-electron chi connectivity index (χ4n) is 3.77. The molecule has 1 aliphatic heterocycles. The maximum atomic E-state index is 12.6. The van der Waals surface area contributed by atoms with Crippen LogP contribution in [0.25, 0.3) is 0 Å². The molecule has 5 rings (SSSR count). The summed E-state index contributed by atoms with van der Waals surface area (Å²) in [7, 11) is 0. The van der Waals surface area contributed by atoms with E-state index in [9.17, 15) is 9.59 Å². The maximum absolute atomic E-state index is 12.6. The first kappa shape index (κ1) is 17.7. The van der Waals surface area contributed by atoms with Crippen LogP contribution >= 0.6 is 0 Å². The number of aromatic nitrogens is 4. The Kier molecular flexibility index (Phi) is 4.38. The van der Waals surface area contributed by atoms with Crippen LogP contribution in [0.2, 0.25) is 0 Å². The average molecular weight is 390 g/mol. The van der Waals surface area contributed by atoms with Crippen LogP contribution in [0.3, 0.4) is 0 Å². The Morgan fingerprint density at radius 1 is 1.17 bits per heavy atom.